The summed E-state index contributed by atoms with van der Waals surface area (Å²) in [5, 5.41) is 0. The largest absolute Gasteiger partial charge is 0.465 e. The number of carbonyl (C=O) groups is 2. The Balaban J connectivity index is 2.63. The number of thiocarbonyl (C=S) groups is 1. The van der Waals surface area contributed by atoms with Crippen LogP contribution in [-0.2, 0) is 14.3 Å². The third-order valence-corrected chi connectivity index (χ3v) is 3.50. The van der Waals surface area contributed by atoms with E-state index in [4.69, 9.17) is 22.7 Å². The molecule has 0 heterocycles. The second-order valence-corrected chi connectivity index (χ2v) is 4.71. The Morgan fingerprint density at radius 1 is 1.47 bits per heavy atom. The molecule has 0 atom stereocenters. The predicted octanol–water partition coefficient (Wildman–Crippen LogP) is 0.464. The van der Waals surface area contributed by atoms with E-state index in [1.165, 1.54) is 4.90 Å². The summed E-state index contributed by atoms with van der Waals surface area (Å²) in [7, 11) is 1.57. The van der Waals surface area contributed by atoms with Gasteiger partial charge >= 0.3 is 5.97 Å². The van der Waals surface area contributed by atoms with E-state index in [1.54, 1.807) is 14.0 Å². The van der Waals surface area contributed by atoms with Crippen molar-refractivity contribution < 1.29 is 14.3 Å². The second kappa shape index (κ2) is 5.44. The van der Waals surface area contributed by atoms with Gasteiger partial charge < -0.3 is 15.4 Å². The molecule has 0 radical (unpaired) electrons. The Bertz CT molecular complexity index is 340. The van der Waals surface area contributed by atoms with Crippen molar-refractivity contribution in [3.63, 3.8) is 0 Å². The fraction of sp³-hybridized carbons (Fsp3) is 0.727. The molecular weight excluding hydrogens is 240 g/mol. The highest BCUT2D eigenvalue weighted by Crippen LogP contribution is 2.42. The molecule has 0 saturated heterocycles. The summed E-state index contributed by atoms with van der Waals surface area (Å²) in [6.07, 6.45) is 2.29. The summed E-state index contributed by atoms with van der Waals surface area (Å²) in [5.74, 6) is -0.593. The number of amides is 1. The van der Waals surface area contributed by atoms with Gasteiger partial charge in [0.25, 0.3) is 0 Å². The second-order valence-electron chi connectivity index (χ2n) is 4.27. The van der Waals surface area contributed by atoms with Gasteiger partial charge in [-0.3, -0.25) is 9.59 Å². The van der Waals surface area contributed by atoms with Crippen molar-refractivity contribution in [2.24, 2.45) is 11.1 Å². The monoisotopic (exact) mass is 258 g/mol. The molecule has 5 nitrogen and oxygen atoms in total. The first-order chi connectivity index (χ1) is 7.94. The number of ether oxygens (including phenoxy) is 1. The minimum Gasteiger partial charge on any atom is -0.465 e. The average molecular weight is 258 g/mol. The molecule has 6 heteroatoms. The SMILES string of the molecule is CCOC(=O)CN(C)C(=O)C1(C(N)=S)CCC1. The maximum Gasteiger partial charge on any atom is 0.325 e. The molecule has 0 bridgehead atoms. The van der Waals surface area contributed by atoms with Crippen molar-refractivity contribution in [2.75, 3.05) is 20.2 Å². The zero-order valence-corrected chi connectivity index (χ0v) is 11.0. The van der Waals surface area contributed by atoms with Crippen LogP contribution in [-0.4, -0.2) is 42.0 Å². The smallest absolute Gasteiger partial charge is 0.325 e. The minimum absolute atomic E-state index is 0.0585. The summed E-state index contributed by atoms with van der Waals surface area (Å²) in [5.41, 5.74) is 4.90. The van der Waals surface area contributed by atoms with E-state index in [-0.39, 0.29) is 17.4 Å². The van der Waals surface area contributed by atoms with Crippen LogP contribution in [0, 0.1) is 5.41 Å². The summed E-state index contributed by atoms with van der Waals surface area (Å²) in [6, 6.07) is 0. The quantitative estimate of drug-likeness (QED) is 0.573. The molecule has 2 N–H and O–H groups in total. The molecule has 1 aliphatic carbocycles. The van der Waals surface area contributed by atoms with Gasteiger partial charge in [0.05, 0.1) is 17.0 Å². The number of likely N-dealkylation sites (N-methyl/N-ethyl adjacent to an activating group) is 1. The molecule has 1 saturated carbocycles. The molecule has 0 unspecified atom stereocenters. The number of hydrogen-bond donors (Lipinski definition) is 1. The van der Waals surface area contributed by atoms with Crippen molar-refractivity contribution in [1.82, 2.24) is 4.90 Å². The molecule has 0 aromatic carbocycles. The Morgan fingerprint density at radius 2 is 2.06 bits per heavy atom. The highest BCUT2D eigenvalue weighted by Gasteiger charge is 2.48. The molecule has 1 rings (SSSR count). The molecule has 1 fully saturated rings. The Morgan fingerprint density at radius 3 is 2.41 bits per heavy atom. The lowest BCUT2D eigenvalue weighted by molar-refractivity contribution is -0.151. The fourth-order valence-corrected chi connectivity index (χ4v) is 2.22. The first-order valence-electron chi connectivity index (χ1n) is 5.65. The summed E-state index contributed by atoms with van der Waals surface area (Å²) in [4.78, 5) is 25.0. The van der Waals surface area contributed by atoms with E-state index in [0.29, 0.717) is 19.4 Å². The van der Waals surface area contributed by atoms with Crippen molar-refractivity contribution in [3.8, 4) is 0 Å². The highest BCUT2D eigenvalue weighted by molar-refractivity contribution is 7.80. The summed E-state index contributed by atoms with van der Waals surface area (Å²) >= 11 is 4.96. The van der Waals surface area contributed by atoms with Gasteiger partial charge in [-0.1, -0.05) is 18.6 Å². The van der Waals surface area contributed by atoms with Crippen LogP contribution in [0.1, 0.15) is 26.2 Å². The third-order valence-electron chi connectivity index (χ3n) is 3.11. The molecule has 0 aromatic heterocycles. The van der Waals surface area contributed by atoms with Gasteiger partial charge in [-0.05, 0) is 19.8 Å². The number of nitrogens with zero attached hydrogens (tertiary/aromatic N) is 1. The maximum atomic E-state index is 12.2. The summed E-state index contributed by atoms with van der Waals surface area (Å²) in [6.45, 7) is 1.97. The minimum atomic E-state index is -0.726. The zero-order chi connectivity index (χ0) is 13.1. The van der Waals surface area contributed by atoms with Crippen molar-refractivity contribution >= 4 is 29.1 Å². The van der Waals surface area contributed by atoms with E-state index >= 15 is 0 Å². The Kier molecular flexibility index (Phi) is 4.45. The number of hydrogen-bond acceptors (Lipinski definition) is 4. The lowest BCUT2D eigenvalue weighted by Gasteiger charge is -2.41. The lowest BCUT2D eigenvalue weighted by atomic mass is 9.67. The first-order valence-corrected chi connectivity index (χ1v) is 6.06. The van der Waals surface area contributed by atoms with Gasteiger partial charge in [-0.25, -0.2) is 0 Å². The van der Waals surface area contributed by atoms with Gasteiger partial charge in [0, 0.05) is 7.05 Å². The van der Waals surface area contributed by atoms with Crippen molar-refractivity contribution in [1.29, 1.82) is 0 Å². The van der Waals surface area contributed by atoms with Crippen molar-refractivity contribution in [3.05, 3.63) is 0 Å². The Hall–Kier alpha value is -1.17. The standard InChI is InChI=1S/C11H18N2O3S/c1-3-16-8(14)7-13(2)10(15)11(9(12)17)5-4-6-11/h3-7H2,1-2H3,(H2,12,17). The molecule has 17 heavy (non-hydrogen) atoms. The highest BCUT2D eigenvalue weighted by atomic mass is 32.1. The topological polar surface area (TPSA) is 72.6 Å². The molecule has 1 amide bonds. The van der Waals surface area contributed by atoms with Gasteiger partial charge in [-0.15, -0.1) is 0 Å². The normalized spacial score (nSPS) is 16.8. The number of carbonyl (C=O) groups excluding carboxylic acids is 2. The fourth-order valence-electron chi connectivity index (χ4n) is 1.93. The van der Waals surface area contributed by atoms with Crippen LogP contribution in [0.2, 0.25) is 0 Å². The van der Waals surface area contributed by atoms with Gasteiger partial charge in [0.15, 0.2) is 0 Å². The molecular formula is C11H18N2O3S. The molecule has 0 spiro atoms. The van der Waals surface area contributed by atoms with Gasteiger partial charge in [0.1, 0.15) is 6.54 Å². The van der Waals surface area contributed by atoms with E-state index in [1.807, 2.05) is 0 Å². The molecule has 96 valence electrons. The van der Waals surface area contributed by atoms with Gasteiger partial charge in [0.2, 0.25) is 5.91 Å². The van der Waals surface area contributed by atoms with Crippen LogP contribution in [0.25, 0.3) is 0 Å². The number of esters is 1. The maximum absolute atomic E-state index is 12.2. The van der Waals surface area contributed by atoms with Crippen LogP contribution < -0.4 is 5.73 Å². The van der Waals surface area contributed by atoms with Crippen LogP contribution >= 0.6 is 12.2 Å². The zero-order valence-electron chi connectivity index (χ0n) is 10.2. The third kappa shape index (κ3) is 2.74. The molecule has 1 aliphatic rings. The van der Waals surface area contributed by atoms with Gasteiger partial charge in [-0.2, -0.15) is 0 Å². The summed E-state index contributed by atoms with van der Waals surface area (Å²) < 4.78 is 4.79. The van der Waals surface area contributed by atoms with Crippen LogP contribution in [0.3, 0.4) is 0 Å². The van der Waals surface area contributed by atoms with Crippen molar-refractivity contribution in [2.45, 2.75) is 26.2 Å². The van der Waals surface area contributed by atoms with Crippen LogP contribution in [0.4, 0.5) is 0 Å². The molecule has 0 aromatic rings. The van der Waals surface area contributed by atoms with E-state index in [9.17, 15) is 9.59 Å². The van der Waals surface area contributed by atoms with E-state index < -0.39 is 11.4 Å². The lowest BCUT2D eigenvalue weighted by Crippen LogP contribution is -2.54. The number of nitrogens with two attached hydrogens (primary N) is 1. The van der Waals surface area contributed by atoms with E-state index in [0.717, 1.165) is 6.42 Å². The Labute approximate surface area is 106 Å². The van der Waals surface area contributed by atoms with E-state index in [2.05, 4.69) is 0 Å². The number of rotatable bonds is 5. The first kappa shape index (κ1) is 13.9. The average Bonchev–Trinajstić information content (AvgIpc) is 2.15. The predicted molar refractivity (Wildman–Crippen MR) is 67.3 cm³/mol. The van der Waals surface area contributed by atoms with Crippen LogP contribution in [0.15, 0.2) is 0 Å². The van der Waals surface area contributed by atoms with Crippen LogP contribution in [0.5, 0.6) is 0 Å². The molecule has 0 aliphatic heterocycles.